The molecule has 8 heteroatoms. The third-order valence-electron chi connectivity index (χ3n) is 5.12. The van der Waals surface area contributed by atoms with Crippen LogP contribution in [0.2, 0.25) is 0 Å². The van der Waals surface area contributed by atoms with Crippen molar-refractivity contribution >= 4 is 29.3 Å². The van der Waals surface area contributed by atoms with E-state index in [2.05, 4.69) is 5.32 Å². The van der Waals surface area contributed by atoms with E-state index in [1.165, 1.54) is 0 Å². The van der Waals surface area contributed by atoms with E-state index in [-0.39, 0.29) is 37.2 Å². The van der Waals surface area contributed by atoms with Crippen molar-refractivity contribution in [2.75, 3.05) is 37.8 Å². The lowest BCUT2D eigenvalue weighted by molar-refractivity contribution is -0.130. The van der Waals surface area contributed by atoms with Crippen molar-refractivity contribution in [2.45, 2.75) is 25.8 Å². The highest BCUT2D eigenvalue weighted by Gasteiger charge is 2.25. The Balaban J connectivity index is 1.46. The quantitative estimate of drug-likeness (QED) is 0.683. The Bertz CT molecular complexity index is 844. The average molecular weight is 440 g/mol. The summed E-state index contributed by atoms with van der Waals surface area (Å²) in [5.41, 5.74) is 1.45. The summed E-state index contributed by atoms with van der Waals surface area (Å²) in [6.07, 6.45) is 0.985. The van der Waals surface area contributed by atoms with Gasteiger partial charge in [-0.1, -0.05) is 36.4 Å². The number of nitrogens with zero attached hydrogens (tertiary/aromatic N) is 2. The lowest BCUT2D eigenvalue weighted by Crippen LogP contribution is -2.47. The van der Waals surface area contributed by atoms with Gasteiger partial charge in [-0.05, 0) is 44.0 Å². The molecule has 0 saturated carbocycles. The third kappa shape index (κ3) is 6.55. The Kier molecular flexibility index (Phi) is 8.62. The monoisotopic (exact) mass is 439 g/mol. The van der Waals surface area contributed by atoms with Crippen LogP contribution < -0.4 is 10.2 Å². The summed E-state index contributed by atoms with van der Waals surface area (Å²) in [7, 11) is 0. The Labute approximate surface area is 188 Å². The summed E-state index contributed by atoms with van der Waals surface area (Å²) >= 11 is 0. The molecule has 0 aromatic heterocycles. The summed E-state index contributed by atoms with van der Waals surface area (Å²) in [6, 6.07) is 18.6. The fourth-order valence-corrected chi connectivity index (χ4v) is 3.58. The number of hydrogen-bond donors (Lipinski definition) is 1. The van der Waals surface area contributed by atoms with Gasteiger partial charge in [0.15, 0.2) is 0 Å². The molecule has 0 spiro atoms. The smallest absolute Gasteiger partial charge is 0.409 e. The number of carbonyl (C=O) groups is 3. The second-order valence-corrected chi connectivity index (χ2v) is 7.42. The molecule has 2 aromatic carbocycles. The minimum absolute atomic E-state index is 0.0300. The topological polar surface area (TPSA) is 88.2 Å². The highest BCUT2D eigenvalue weighted by Crippen LogP contribution is 2.25. The van der Waals surface area contributed by atoms with Crippen LogP contribution in [-0.4, -0.2) is 61.8 Å². The first-order valence-corrected chi connectivity index (χ1v) is 10.8. The van der Waals surface area contributed by atoms with Crippen molar-refractivity contribution in [2.24, 2.45) is 0 Å². The molecule has 0 unspecified atom stereocenters. The van der Waals surface area contributed by atoms with Gasteiger partial charge in [-0.3, -0.25) is 14.5 Å². The fourth-order valence-electron chi connectivity index (χ4n) is 3.58. The molecule has 1 heterocycles. The molecule has 1 fully saturated rings. The molecule has 170 valence electrons. The Morgan fingerprint density at radius 1 is 0.938 bits per heavy atom. The zero-order chi connectivity index (χ0) is 22.8. The molecule has 0 radical (unpaired) electrons. The highest BCUT2D eigenvalue weighted by molar-refractivity contribution is 6.01. The van der Waals surface area contributed by atoms with Crippen LogP contribution in [0.3, 0.4) is 0 Å². The van der Waals surface area contributed by atoms with Crippen molar-refractivity contribution in [3.63, 3.8) is 0 Å². The Morgan fingerprint density at radius 3 is 2.03 bits per heavy atom. The molecule has 0 atom stereocenters. The zero-order valence-corrected chi connectivity index (χ0v) is 18.2. The summed E-state index contributed by atoms with van der Waals surface area (Å²) < 4.78 is 10.4. The predicted octanol–water partition coefficient (Wildman–Crippen LogP) is 3.11. The van der Waals surface area contributed by atoms with Crippen molar-refractivity contribution in [1.29, 1.82) is 0 Å². The fraction of sp³-hybridized carbons (Fsp3) is 0.375. The van der Waals surface area contributed by atoms with Gasteiger partial charge in [0.25, 0.3) is 5.91 Å². The van der Waals surface area contributed by atoms with Gasteiger partial charge in [0.2, 0.25) is 5.91 Å². The minimum atomic E-state index is -0.319. The number of piperidine rings is 1. The van der Waals surface area contributed by atoms with Crippen LogP contribution in [0.15, 0.2) is 60.7 Å². The number of hydrogen-bond acceptors (Lipinski definition) is 5. The number of rotatable bonds is 8. The van der Waals surface area contributed by atoms with Gasteiger partial charge in [-0.15, -0.1) is 0 Å². The Hall–Kier alpha value is -3.39. The molecule has 3 rings (SSSR count). The van der Waals surface area contributed by atoms with E-state index in [4.69, 9.17) is 9.47 Å². The van der Waals surface area contributed by atoms with E-state index in [0.717, 1.165) is 11.4 Å². The van der Waals surface area contributed by atoms with Crippen LogP contribution in [0, 0.1) is 0 Å². The molecule has 1 saturated heterocycles. The second-order valence-electron chi connectivity index (χ2n) is 7.42. The summed E-state index contributed by atoms with van der Waals surface area (Å²) in [4.78, 5) is 40.1. The standard InChI is InChI=1S/C24H29N3O5/c1-2-32-24(30)26-15-13-19(14-16-26)25-22(28)17-31-18-23(29)27(20-9-5-3-6-10-20)21-11-7-4-8-12-21/h3-12,19H,2,13-18H2,1H3,(H,25,28). The van der Waals surface area contributed by atoms with Crippen LogP contribution >= 0.6 is 0 Å². The van der Waals surface area contributed by atoms with Crippen LogP contribution in [-0.2, 0) is 19.1 Å². The number of likely N-dealkylation sites (tertiary alicyclic amines) is 1. The first-order valence-electron chi connectivity index (χ1n) is 10.8. The first kappa shape index (κ1) is 23.3. The van der Waals surface area contributed by atoms with Crippen LogP contribution in [0.5, 0.6) is 0 Å². The van der Waals surface area contributed by atoms with E-state index < -0.39 is 0 Å². The number of amides is 3. The van der Waals surface area contributed by atoms with E-state index in [0.29, 0.717) is 32.5 Å². The van der Waals surface area contributed by atoms with Gasteiger partial charge in [0.1, 0.15) is 13.2 Å². The highest BCUT2D eigenvalue weighted by atomic mass is 16.6. The number of benzene rings is 2. The molecule has 1 aliphatic rings. The van der Waals surface area contributed by atoms with Gasteiger partial charge >= 0.3 is 6.09 Å². The van der Waals surface area contributed by atoms with Crippen molar-refractivity contribution < 1.29 is 23.9 Å². The molecular weight excluding hydrogens is 410 g/mol. The zero-order valence-electron chi connectivity index (χ0n) is 18.2. The van der Waals surface area contributed by atoms with E-state index in [1.54, 1.807) is 16.7 Å². The Morgan fingerprint density at radius 2 is 1.50 bits per heavy atom. The molecule has 3 amide bonds. The minimum Gasteiger partial charge on any atom is -0.450 e. The van der Waals surface area contributed by atoms with Crippen molar-refractivity contribution in [1.82, 2.24) is 10.2 Å². The molecule has 32 heavy (non-hydrogen) atoms. The summed E-state index contributed by atoms with van der Waals surface area (Å²) in [5, 5.41) is 2.91. The summed E-state index contributed by atoms with van der Waals surface area (Å²) in [5.74, 6) is -0.545. The third-order valence-corrected chi connectivity index (χ3v) is 5.12. The number of carbonyl (C=O) groups excluding carboxylic acids is 3. The molecular formula is C24H29N3O5. The van der Waals surface area contributed by atoms with Gasteiger partial charge < -0.3 is 19.7 Å². The van der Waals surface area contributed by atoms with E-state index in [1.807, 2.05) is 60.7 Å². The van der Waals surface area contributed by atoms with Crippen LogP contribution in [0.4, 0.5) is 16.2 Å². The van der Waals surface area contributed by atoms with Crippen molar-refractivity contribution in [3.8, 4) is 0 Å². The maximum absolute atomic E-state index is 12.9. The lowest BCUT2D eigenvalue weighted by Gasteiger charge is -2.31. The van der Waals surface area contributed by atoms with Gasteiger partial charge in [0, 0.05) is 30.5 Å². The SMILES string of the molecule is CCOC(=O)N1CCC(NC(=O)COCC(=O)N(c2ccccc2)c2ccccc2)CC1. The molecule has 0 aliphatic carbocycles. The molecule has 1 N–H and O–H groups in total. The maximum atomic E-state index is 12.9. The molecule has 8 nitrogen and oxygen atoms in total. The molecule has 0 bridgehead atoms. The summed E-state index contributed by atoms with van der Waals surface area (Å²) in [6.45, 7) is 2.75. The average Bonchev–Trinajstić information content (AvgIpc) is 2.81. The predicted molar refractivity (Wildman–Crippen MR) is 121 cm³/mol. The van der Waals surface area contributed by atoms with E-state index >= 15 is 0 Å². The number of ether oxygens (including phenoxy) is 2. The maximum Gasteiger partial charge on any atom is 0.409 e. The number of para-hydroxylation sites is 2. The van der Waals surface area contributed by atoms with Gasteiger partial charge in [0.05, 0.1) is 6.61 Å². The van der Waals surface area contributed by atoms with Crippen LogP contribution in [0.1, 0.15) is 19.8 Å². The largest absolute Gasteiger partial charge is 0.450 e. The lowest BCUT2D eigenvalue weighted by atomic mass is 10.1. The molecule has 2 aromatic rings. The van der Waals surface area contributed by atoms with Crippen molar-refractivity contribution in [3.05, 3.63) is 60.7 Å². The van der Waals surface area contributed by atoms with Gasteiger partial charge in [-0.2, -0.15) is 0 Å². The number of nitrogens with one attached hydrogen (secondary N) is 1. The second kappa shape index (κ2) is 11.9. The number of anilines is 2. The molecule has 1 aliphatic heterocycles. The van der Waals surface area contributed by atoms with Crippen LogP contribution in [0.25, 0.3) is 0 Å². The normalized spacial score (nSPS) is 14.0. The van der Waals surface area contributed by atoms with E-state index in [9.17, 15) is 14.4 Å². The first-order chi connectivity index (χ1) is 15.6. The van der Waals surface area contributed by atoms with Gasteiger partial charge in [-0.25, -0.2) is 4.79 Å².